The summed E-state index contributed by atoms with van der Waals surface area (Å²) in [4.78, 5) is 4.57. The second-order valence-corrected chi connectivity index (χ2v) is 7.64. The van der Waals surface area contributed by atoms with E-state index in [1.54, 1.807) is 19.1 Å². The van der Waals surface area contributed by atoms with Crippen molar-refractivity contribution < 1.29 is 13.2 Å². The first-order valence-electron chi connectivity index (χ1n) is 6.98. The minimum atomic E-state index is -3.68. The summed E-state index contributed by atoms with van der Waals surface area (Å²) in [6.07, 6.45) is 0.843. The van der Waals surface area contributed by atoms with E-state index in [1.807, 2.05) is 25.3 Å². The topological polar surface area (TPSA) is 68.3 Å². The highest BCUT2D eigenvalue weighted by Gasteiger charge is 2.23. The van der Waals surface area contributed by atoms with Crippen molar-refractivity contribution >= 4 is 21.4 Å². The van der Waals surface area contributed by atoms with E-state index in [9.17, 15) is 8.42 Å². The van der Waals surface area contributed by atoms with Gasteiger partial charge in [-0.25, -0.2) is 18.1 Å². The molecule has 120 valence electrons. The number of methoxy groups -OCH3 is 1. The number of thiazole rings is 1. The summed E-state index contributed by atoms with van der Waals surface area (Å²) in [5.74, 6) is 0.331. The highest BCUT2D eigenvalue weighted by molar-refractivity contribution is 7.89. The Morgan fingerprint density at radius 2 is 2.14 bits per heavy atom. The summed E-state index contributed by atoms with van der Waals surface area (Å²) < 4.78 is 33.0. The van der Waals surface area contributed by atoms with Gasteiger partial charge >= 0.3 is 0 Å². The fourth-order valence-electron chi connectivity index (χ4n) is 2.04. The van der Waals surface area contributed by atoms with Crippen molar-refractivity contribution in [2.45, 2.75) is 38.1 Å². The maximum absolute atomic E-state index is 12.6. The average molecular weight is 340 g/mol. The zero-order valence-electron chi connectivity index (χ0n) is 13.1. The standard InChI is InChI=1S/C15H20N2O3S2/c1-5-15-16-12(9-21-15)11(3)17-22(18,19)14-8-10(2)6-7-13(14)20-4/h6-9,11,17H,5H2,1-4H3/t11-/m1/s1. The Kier molecular flexibility index (Phi) is 5.20. The Bertz CT molecular complexity index is 754. The van der Waals surface area contributed by atoms with Crippen LogP contribution in [0.15, 0.2) is 28.5 Å². The van der Waals surface area contributed by atoms with E-state index in [2.05, 4.69) is 9.71 Å². The van der Waals surface area contributed by atoms with Gasteiger partial charge in [0.05, 0.1) is 23.9 Å². The Hall–Kier alpha value is -1.44. The van der Waals surface area contributed by atoms with Crippen LogP contribution in [0.4, 0.5) is 0 Å². The predicted molar refractivity (Wildman–Crippen MR) is 88.0 cm³/mol. The molecule has 0 bridgehead atoms. The first-order chi connectivity index (χ1) is 10.4. The number of rotatable bonds is 6. The van der Waals surface area contributed by atoms with Crippen molar-refractivity contribution in [3.05, 3.63) is 39.8 Å². The summed E-state index contributed by atoms with van der Waals surface area (Å²) in [6, 6.07) is 4.68. The first kappa shape index (κ1) is 16.9. The maximum atomic E-state index is 12.6. The van der Waals surface area contributed by atoms with Crippen LogP contribution in [0.25, 0.3) is 0 Å². The lowest BCUT2D eigenvalue weighted by Crippen LogP contribution is -2.27. The molecule has 0 aliphatic rings. The van der Waals surface area contributed by atoms with Crippen LogP contribution >= 0.6 is 11.3 Å². The lowest BCUT2D eigenvalue weighted by atomic mass is 10.2. The van der Waals surface area contributed by atoms with Crippen LogP contribution < -0.4 is 9.46 Å². The van der Waals surface area contributed by atoms with Gasteiger partial charge in [-0.05, 0) is 38.0 Å². The summed E-state index contributed by atoms with van der Waals surface area (Å²) in [7, 11) is -2.22. The van der Waals surface area contributed by atoms with Gasteiger partial charge in [-0.2, -0.15) is 0 Å². The van der Waals surface area contributed by atoms with Crippen LogP contribution in [0.3, 0.4) is 0 Å². The zero-order chi connectivity index (χ0) is 16.3. The Morgan fingerprint density at radius 1 is 1.41 bits per heavy atom. The van der Waals surface area contributed by atoms with Gasteiger partial charge in [-0.15, -0.1) is 11.3 Å². The molecule has 0 unspecified atom stereocenters. The summed E-state index contributed by atoms with van der Waals surface area (Å²) in [5, 5.41) is 2.88. The highest BCUT2D eigenvalue weighted by atomic mass is 32.2. The number of hydrogen-bond donors (Lipinski definition) is 1. The molecule has 0 spiro atoms. The van der Waals surface area contributed by atoms with Crippen molar-refractivity contribution in [1.29, 1.82) is 0 Å². The maximum Gasteiger partial charge on any atom is 0.244 e. The van der Waals surface area contributed by atoms with Gasteiger partial charge in [0, 0.05) is 5.38 Å². The molecule has 0 aliphatic carbocycles. The van der Waals surface area contributed by atoms with Crippen LogP contribution in [-0.4, -0.2) is 20.5 Å². The Labute approximate surface area is 135 Å². The van der Waals surface area contributed by atoms with Gasteiger partial charge in [-0.3, -0.25) is 0 Å². The molecular formula is C15H20N2O3S2. The highest BCUT2D eigenvalue weighted by Crippen LogP contribution is 2.26. The van der Waals surface area contributed by atoms with E-state index in [0.29, 0.717) is 5.75 Å². The molecule has 1 heterocycles. The van der Waals surface area contributed by atoms with Crippen LogP contribution in [-0.2, 0) is 16.4 Å². The molecule has 0 radical (unpaired) electrons. The number of nitrogens with zero attached hydrogens (tertiary/aromatic N) is 1. The third-order valence-corrected chi connectivity index (χ3v) is 5.83. The van der Waals surface area contributed by atoms with E-state index >= 15 is 0 Å². The molecule has 1 aromatic heterocycles. The second kappa shape index (κ2) is 6.76. The molecule has 1 aromatic carbocycles. The number of nitrogens with one attached hydrogen (secondary N) is 1. The molecule has 5 nitrogen and oxygen atoms in total. The van der Waals surface area contributed by atoms with Gasteiger partial charge in [0.2, 0.25) is 10.0 Å². The molecule has 0 fully saturated rings. The molecule has 1 N–H and O–H groups in total. The van der Waals surface area contributed by atoms with E-state index in [-0.39, 0.29) is 4.90 Å². The van der Waals surface area contributed by atoms with E-state index in [0.717, 1.165) is 22.7 Å². The van der Waals surface area contributed by atoms with Crippen molar-refractivity contribution in [2.24, 2.45) is 0 Å². The van der Waals surface area contributed by atoms with Crippen molar-refractivity contribution in [1.82, 2.24) is 9.71 Å². The predicted octanol–water partition coefficient (Wildman–Crippen LogP) is 3.06. The molecule has 22 heavy (non-hydrogen) atoms. The molecule has 2 rings (SSSR count). The molecule has 0 amide bonds. The molecule has 0 aliphatic heterocycles. The SMILES string of the molecule is CCc1nc([C@@H](C)NS(=O)(=O)c2cc(C)ccc2OC)cs1. The third kappa shape index (κ3) is 3.66. The number of benzene rings is 1. The first-order valence-corrected chi connectivity index (χ1v) is 9.35. The lowest BCUT2D eigenvalue weighted by Gasteiger charge is -2.15. The normalized spacial score (nSPS) is 13.1. The van der Waals surface area contributed by atoms with Gasteiger partial charge in [0.1, 0.15) is 10.6 Å². The number of hydrogen-bond acceptors (Lipinski definition) is 5. The largest absolute Gasteiger partial charge is 0.495 e. The second-order valence-electron chi connectivity index (χ2n) is 5.02. The smallest absolute Gasteiger partial charge is 0.244 e. The Morgan fingerprint density at radius 3 is 2.73 bits per heavy atom. The van der Waals surface area contributed by atoms with Gasteiger partial charge in [0.15, 0.2) is 0 Å². The van der Waals surface area contributed by atoms with E-state index in [4.69, 9.17) is 4.74 Å². The number of ether oxygens (including phenoxy) is 1. The summed E-state index contributed by atoms with van der Waals surface area (Å²) >= 11 is 1.54. The molecule has 7 heteroatoms. The monoisotopic (exact) mass is 340 g/mol. The van der Waals surface area contributed by atoms with E-state index < -0.39 is 16.1 Å². The number of sulfonamides is 1. The third-order valence-electron chi connectivity index (χ3n) is 3.26. The molecule has 2 aromatic rings. The summed E-state index contributed by atoms with van der Waals surface area (Å²) in [5.41, 5.74) is 1.59. The van der Waals surface area contributed by atoms with Gasteiger partial charge in [0.25, 0.3) is 0 Å². The van der Waals surface area contributed by atoms with Crippen LogP contribution in [0.2, 0.25) is 0 Å². The zero-order valence-corrected chi connectivity index (χ0v) is 14.7. The minimum Gasteiger partial charge on any atom is -0.495 e. The number of aromatic nitrogens is 1. The molecule has 0 saturated heterocycles. The van der Waals surface area contributed by atoms with E-state index in [1.165, 1.54) is 18.4 Å². The quantitative estimate of drug-likeness (QED) is 0.877. The van der Waals surface area contributed by atoms with Crippen molar-refractivity contribution in [3.63, 3.8) is 0 Å². The van der Waals surface area contributed by atoms with Crippen molar-refractivity contribution in [2.75, 3.05) is 7.11 Å². The molecule has 1 atom stereocenters. The minimum absolute atomic E-state index is 0.146. The molecular weight excluding hydrogens is 320 g/mol. The lowest BCUT2D eigenvalue weighted by molar-refractivity contribution is 0.402. The van der Waals surface area contributed by atoms with Gasteiger partial charge in [-0.1, -0.05) is 13.0 Å². The fraction of sp³-hybridized carbons (Fsp3) is 0.400. The van der Waals surface area contributed by atoms with Gasteiger partial charge < -0.3 is 4.74 Å². The summed E-state index contributed by atoms with van der Waals surface area (Å²) in [6.45, 7) is 5.65. The fourth-order valence-corrected chi connectivity index (χ4v) is 4.35. The number of aryl methyl sites for hydroxylation is 2. The molecule has 0 saturated carbocycles. The van der Waals surface area contributed by atoms with Crippen LogP contribution in [0.5, 0.6) is 5.75 Å². The Balaban J connectivity index is 2.29. The van der Waals surface area contributed by atoms with Crippen LogP contribution in [0.1, 0.15) is 36.2 Å². The van der Waals surface area contributed by atoms with Crippen molar-refractivity contribution in [3.8, 4) is 5.75 Å². The van der Waals surface area contributed by atoms with Crippen LogP contribution in [0, 0.1) is 6.92 Å². The average Bonchev–Trinajstić information content (AvgIpc) is 2.96.